The maximum Gasteiger partial charge on any atom is 0.0390 e. The fraction of sp³-hybridized carbons (Fsp3) is 0.778. The molecule has 1 fully saturated rings. The molecular weight excluding hydrogens is 154 g/mol. The molecule has 0 bridgehead atoms. The van der Waals surface area contributed by atoms with Crippen LogP contribution in [0.3, 0.4) is 0 Å². The van der Waals surface area contributed by atoms with Crippen molar-refractivity contribution < 1.29 is 0 Å². The van der Waals surface area contributed by atoms with E-state index in [0.717, 1.165) is 0 Å². The van der Waals surface area contributed by atoms with Crippen molar-refractivity contribution in [2.45, 2.75) is 30.6 Å². The van der Waals surface area contributed by atoms with E-state index in [9.17, 15) is 0 Å². The van der Waals surface area contributed by atoms with Gasteiger partial charge in [0.1, 0.15) is 0 Å². The summed E-state index contributed by atoms with van der Waals surface area (Å²) in [4.78, 5) is 0. The van der Waals surface area contributed by atoms with Crippen LogP contribution in [-0.2, 0) is 0 Å². The van der Waals surface area contributed by atoms with Crippen LogP contribution < -0.4 is 5.32 Å². The van der Waals surface area contributed by atoms with Crippen molar-refractivity contribution >= 4 is 11.8 Å². The van der Waals surface area contributed by atoms with Crippen LogP contribution in [0.1, 0.15) is 19.8 Å². The van der Waals surface area contributed by atoms with Crippen molar-refractivity contribution in [1.29, 1.82) is 0 Å². The zero-order valence-electron chi connectivity index (χ0n) is 7.39. The van der Waals surface area contributed by atoms with Gasteiger partial charge in [0.2, 0.25) is 0 Å². The highest BCUT2D eigenvalue weighted by atomic mass is 32.2. The maximum atomic E-state index is 3.85. The predicted molar refractivity (Wildman–Crippen MR) is 53.1 cm³/mol. The number of nitrogens with one attached hydrogen (secondary N) is 1. The monoisotopic (exact) mass is 171 g/mol. The van der Waals surface area contributed by atoms with Gasteiger partial charge in [-0.05, 0) is 32.6 Å². The van der Waals surface area contributed by atoms with Crippen molar-refractivity contribution in [3.05, 3.63) is 12.7 Å². The van der Waals surface area contributed by atoms with Crippen LogP contribution in [0.15, 0.2) is 12.7 Å². The first-order valence-corrected chi connectivity index (χ1v) is 5.15. The van der Waals surface area contributed by atoms with E-state index in [2.05, 4.69) is 30.6 Å². The minimum atomic E-state index is 0.399. The summed E-state index contributed by atoms with van der Waals surface area (Å²) >= 11 is 2.07. The minimum absolute atomic E-state index is 0.399. The van der Waals surface area contributed by atoms with Crippen LogP contribution in [0.25, 0.3) is 0 Å². The van der Waals surface area contributed by atoms with E-state index < -0.39 is 0 Å². The van der Waals surface area contributed by atoms with Crippen LogP contribution in [-0.4, -0.2) is 23.6 Å². The van der Waals surface area contributed by atoms with Gasteiger partial charge in [-0.15, -0.1) is 6.58 Å². The Morgan fingerprint density at radius 3 is 2.82 bits per heavy atom. The van der Waals surface area contributed by atoms with Gasteiger partial charge in [0.05, 0.1) is 0 Å². The van der Waals surface area contributed by atoms with Gasteiger partial charge < -0.3 is 5.32 Å². The lowest BCUT2D eigenvalue weighted by Gasteiger charge is -2.30. The summed E-state index contributed by atoms with van der Waals surface area (Å²) in [6.45, 7) is 6.17. The van der Waals surface area contributed by atoms with Gasteiger partial charge in [-0.1, -0.05) is 6.08 Å². The molecule has 0 radical (unpaired) electrons. The molecule has 11 heavy (non-hydrogen) atoms. The Labute approximate surface area is 73.6 Å². The molecule has 1 saturated heterocycles. The van der Waals surface area contributed by atoms with Crippen LogP contribution in [0.5, 0.6) is 0 Å². The molecule has 1 heterocycles. The zero-order chi connectivity index (χ0) is 8.32. The lowest BCUT2D eigenvalue weighted by Crippen LogP contribution is -2.41. The first-order valence-electron chi connectivity index (χ1n) is 4.17. The fourth-order valence-corrected chi connectivity index (χ4v) is 3.16. The highest BCUT2D eigenvalue weighted by Crippen LogP contribution is 2.40. The van der Waals surface area contributed by atoms with Crippen LogP contribution in [0.4, 0.5) is 0 Å². The van der Waals surface area contributed by atoms with Gasteiger partial charge in [0, 0.05) is 10.8 Å². The SMILES string of the molecule is C=CC(NC)C1(C)CCCS1. The standard InChI is InChI=1S/C9H17NS/c1-4-8(10-3)9(2)6-5-7-11-9/h4,8,10H,1,5-7H2,2-3H3. The van der Waals surface area contributed by atoms with Crippen molar-refractivity contribution in [2.75, 3.05) is 12.8 Å². The highest BCUT2D eigenvalue weighted by Gasteiger charge is 2.35. The van der Waals surface area contributed by atoms with Gasteiger partial charge in [0.25, 0.3) is 0 Å². The zero-order valence-corrected chi connectivity index (χ0v) is 8.21. The molecule has 1 nitrogen and oxygen atoms in total. The van der Waals surface area contributed by atoms with Crippen molar-refractivity contribution in [3.8, 4) is 0 Å². The Bertz CT molecular complexity index is 138. The van der Waals surface area contributed by atoms with E-state index in [1.165, 1.54) is 18.6 Å². The maximum absolute atomic E-state index is 3.85. The summed E-state index contributed by atoms with van der Waals surface area (Å²) in [5.74, 6) is 1.31. The number of hydrogen-bond acceptors (Lipinski definition) is 2. The quantitative estimate of drug-likeness (QED) is 0.652. The lowest BCUT2D eigenvalue weighted by molar-refractivity contribution is 0.491. The van der Waals surface area contributed by atoms with Gasteiger partial charge in [-0.3, -0.25) is 0 Å². The summed E-state index contributed by atoms with van der Waals surface area (Å²) in [7, 11) is 2.01. The summed E-state index contributed by atoms with van der Waals surface area (Å²) in [5, 5.41) is 3.30. The van der Waals surface area contributed by atoms with Crippen LogP contribution in [0.2, 0.25) is 0 Å². The normalized spacial score (nSPS) is 33.6. The Balaban J connectivity index is 2.60. The molecule has 0 aromatic rings. The van der Waals surface area contributed by atoms with Gasteiger partial charge >= 0.3 is 0 Å². The number of likely N-dealkylation sites (N-methyl/N-ethyl adjacent to an activating group) is 1. The summed E-state index contributed by atoms with van der Waals surface area (Å²) < 4.78 is 0.399. The second-order valence-corrected chi connectivity index (χ2v) is 4.90. The smallest absolute Gasteiger partial charge is 0.0390 e. The summed E-state index contributed by atoms with van der Waals surface area (Å²) in [6.07, 6.45) is 4.70. The molecule has 0 saturated carbocycles. The molecule has 1 N–H and O–H groups in total. The number of thioether (sulfide) groups is 1. The minimum Gasteiger partial charge on any atom is -0.312 e. The summed E-state index contributed by atoms with van der Waals surface area (Å²) in [6, 6.07) is 0.468. The van der Waals surface area contributed by atoms with Gasteiger partial charge in [-0.2, -0.15) is 11.8 Å². The number of rotatable bonds is 3. The van der Waals surface area contributed by atoms with E-state index in [4.69, 9.17) is 0 Å². The molecule has 0 spiro atoms. The van der Waals surface area contributed by atoms with E-state index in [1.54, 1.807) is 0 Å². The molecule has 2 unspecified atom stereocenters. The molecule has 0 aromatic heterocycles. The molecule has 1 rings (SSSR count). The van der Waals surface area contributed by atoms with Gasteiger partial charge in [-0.25, -0.2) is 0 Å². The average molecular weight is 171 g/mol. The van der Waals surface area contributed by atoms with E-state index in [0.29, 0.717) is 10.8 Å². The Hall–Kier alpha value is 0.0500. The first-order chi connectivity index (χ1) is 5.23. The molecule has 1 aliphatic heterocycles. The predicted octanol–water partition coefficient (Wildman–Crippen LogP) is 2.05. The average Bonchev–Trinajstić information content (AvgIpc) is 2.39. The topological polar surface area (TPSA) is 12.0 Å². The Morgan fingerprint density at radius 2 is 2.45 bits per heavy atom. The number of hydrogen-bond donors (Lipinski definition) is 1. The second-order valence-electron chi connectivity index (χ2n) is 3.27. The summed E-state index contributed by atoms with van der Waals surface area (Å²) in [5.41, 5.74) is 0. The molecule has 1 aliphatic rings. The lowest BCUT2D eigenvalue weighted by atomic mass is 9.96. The third-order valence-corrected chi connectivity index (χ3v) is 4.06. The molecule has 2 heteroatoms. The molecule has 0 aromatic carbocycles. The molecular formula is C9H17NS. The van der Waals surface area contributed by atoms with Crippen LogP contribution >= 0.6 is 11.8 Å². The largest absolute Gasteiger partial charge is 0.312 e. The van der Waals surface area contributed by atoms with Crippen molar-refractivity contribution in [2.24, 2.45) is 0 Å². The molecule has 0 amide bonds. The fourth-order valence-electron chi connectivity index (χ4n) is 1.72. The third-order valence-electron chi connectivity index (χ3n) is 2.45. The van der Waals surface area contributed by atoms with Gasteiger partial charge in [0.15, 0.2) is 0 Å². The Morgan fingerprint density at radius 1 is 1.73 bits per heavy atom. The first kappa shape index (κ1) is 9.14. The van der Waals surface area contributed by atoms with Crippen molar-refractivity contribution in [3.63, 3.8) is 0 Å². The van der Waals surface area contributed by atoms with Crippen LogP contribution in [0, 0.1) is 0 Å². The molecule has 64 valence electrons. The van der Waals surface area contributed by atoms with Crippen molar-refractivity contribution in [1.82, 2.24) is 5.32 Å². The third kappa shape index (κ3) is 1.79. The van der Waals surface area contributed by atoms with E-state index in [1.807, 2.05) is 13.1 Å². The Kier molecular flexibility index (Phi) is 3.02. The second kappa shape index (κ2) is 3.63. The van der Waals surface area contributed by atoms with E-state index in [-0.39, 0.29) is 0 Å². The van der Waals surface area contributed by atoms with E-state index >= 15 is 0 Å². The molecule has 2 atom stereocenters. The highest BCUT2D eigenvalue weighted by molar-refractivity contribution is 8.00. The molecule has 0 aliphatic carbocycles.